The van der Waals surface area contributed by atoms with E-state index < -0.39 is 6.04 Å². The van der Waals surface area contributed by atoms with E-state index in [1.54, 1.807) is 36.4 Å². The van der Waals surface area contributed by atoms with Gasteiger partial charge in [0.05, 0.1) is 27.8 Å². The molecule has 1 unspecified atom stereocenters. The largest absolute Gasteiger partial charge is 0.372 e. The number of nitrogens with one attached hydrogen (secondary N) is 1. The number of amides is 2. The van der Waals surface area contributed by atoms with Gasteiger partial charge in [-0.1, -0.05) is 41.4 Å². The molecule has 0 saturated carbocycles. The van der Waals surface area contributed by atoms with Gasteiger partial charge >= 0.3 is 0 Å². The van der Waals surface area contributed by atoms with Gasteiger partial charge in [-0.3, -0.25) is 9.59 Å². The Morgan fingerprint density at radius 2 is 1.83 bits per heavy atom. The molecule has 1 atom stereocenters. The number of rotatable bonds is 3. The normalized spacial score (nSPS) is 17.7. The predicted octanol–water partition coefficient (Wildman–Crippen LogP) is 4.50. The quantitative estimate of drug-likeness (QED) is 0.753. The lowest BCUT2D eigenvalue weighted by atomic mass is 10.2. The third-order valence-corrected chi connectivity index (χ3v) is 5.01. The van der Waals surface area contributed by atoms with Crippen molar-refractivity contribution in [2.45, 2.75) is 12.5 Å². The first kappa shape index (κ1) is 16.3. The summed E-state index contributed by atoms with van der Waals surface area (Å²) in [6, 6.07) is 11.5. The number of anilines is 2. The molecule has 0 aromatic heterocycles. The van der Waals surface area contributed by atoms with Gasteiger partial charge in [-0.15, -0.1) is 0 Å². The Hall–Kier alpha value is -1.56. The van der Waals surface area contributed by atoms with E-state index in [2.05, 4.69) is 21.2 Å². The highest BCUT2D eigenvalue weighted by Crippen LogP contribution is 2.34. The number of carbonyl (C=O) groups is 2. The van der Waals surface area contributed by atoms with Crippen LogP contribution in [-0.2, 0) is 9.59 Å². The third kappa shape index (κ3) is 3.09. The summed E-state index contributed by atoms with van der Waals surface area (Å²) in [4.78, 5) is 26.1. The first-order chi connectivity index (χ1) is 11.0. The van der Waals surface area contributed by atoms with Crippen LogP contribution in [0.3, 0.4) is 0 Å². The Balaban J connectivity index is 1.87. The van der Waals surface area contributed by atoms with Crippen molar-refractivity contribution >= 4 is 62.3 Å². The zero-order chi connectivity index (χ0) is 16.6. The van der Waals surface area contributed by atoms with Gasteiger partial charge in [-0.2, -0.15) is 0 Å². The summed E-state index contributed by atoms with van der Waals surface area (Å²) >= 11 is 15.5. The second-order valence-corrected chi connectivity index (χ2v) is 6.66. The molecule has 0 bridgehead atoms. The van der Waals surface area contributed by atoms with E-state index in [-0.39, 0.29) is 18.2 Å². The molecule has 0 aliphatic carbocycles. The number of imide groups is 1. The molecule has 1 aliphatic heterocycles. The van der Waals surface area contributed by atoms with Crippen LogP contribution in [0.5, 0.6) is 0 Å². The van der Waals surface area contributed by atoms with Crippen LogP contribution < -0.4 is 10.2 Å². The van der Waals surface area contributed by atoms with Crippen molar-refractivity contribution < 1.29 is 9.59 Å². The van der Waals surface area contributed by atoms with Crippen LogP contribution in [0.1, 0.15) is 6.42 Å². The minimum atomic E-state index is -0.675. The molecule has 2 amide bonds. The minimum Gasteiger partial charge on any atom is -0.372 e. The SMILES string of the molecule is O=C1CC(Nc2cccc(Cl)c2Cl)C(=O)N1c1ccccc1Br. The summed E-state index contributed by atoms with van der Waals surface area (Å²) in [7, 11) is 0. The highest BCUT2D eigenvalue weighted by Gasteiger charge is 2.40. The van der Waals surface area contributed by atoms with Crippen LogP contribution >= 0.6 is 39.1 Å². The highest BCUT2D eigenvalue weighted by molar-refractivity contribution is 9.10. The lowest BCUT2D eigenvalue weighted by Crippen LogP contribution is -2.35. The second-order valence-electron chi connectivity index (χ2n) is 5.02. The van der Waals surface area contributed by atoms with Crippen LogP contribution in [0, 0.1) is 0 Å². The maximum absolute atomic E-state index is 12.6. The lowest BCUT2D eigenvalue weighted by Gasteiger charge is -2.18. The van der Waals surface area contributed by atoms with E-state index in [4.69, 9.17) is 23.2 Å². The molecule has 2 aromatic rings. The maximum Gasteiger partial charge on any atom is 0.256 e. The predicted molar refractivity (Wildman–Crippen MR) is 95.1 cm³/mol. The molecule has 3 rings (SSSR count). The van der Waals surface area contributed by atoms with E-state index in [1.165, 1.54) is 4.90 Å². The fraction of sp³-hybridized carbons (Fsp3) is 0.125. The van der Waals surface area contributed by atoms with E-state index in [1.807, 2.05) is 6.07 Å². The Labute approximate surface area is 151 Å². The molecular weight excluding hydrogens is 403 g/mol. The van der Waals surface area contributed by atoms with Crippen molar-refractivity contribution in [1.29, 1.82) is 0 Å². The van der Waals surface area contributed by atoms with E-state index in [9.17, 15) is 9.59 Å². The monoisotopic (exact) mass is 412 g/mol. The van der Waals surface area contributed by atoms with Crippen LogP contribution in [0.15, 0.2) is 46.9 Å². The Morgan fingerprint density at radius 1 is 1.09 bits per heavy atom. The highest BCUT2D eigenvalue weighted by atomic mass is 79.9. The maximum atomic E-state index is 12.6. The number of halogens is 3. The van der Waals surface area contributed by atoms with Crippen LogP contribution in [-0.4, -0.2) is 17.9 Å². The van der Waals surface area contributed by atoms with Crippen molar-refractivity contribution in [2.75, 3.05) is 10.2 Å². The zero-order valence-electron chi connectivity index (χ0n) is 11.7. The molecule has 0 radical (unpaired) electrons. The van der Waals surface area contributed by atoms with Gasteiger partial charge in [0.25, 0.3) is 5.91 Å². The van der Waals surface area contributed by atoms with Crippen LogP contribution in [0.4, 0.5) is 11.4 Å². The Bertz CT molecular complexity index is 797. The topological polar surface area (TPSA) is 49.4 Å². The molecule has 4 nitrogen and oxygen atoms in total. The molecule has 1 saturated heterocycles. The number of hydrogen-bond acceptors (Lipinski definition) is 3. The standard InChI is InChI=1S/C16H11BrCl2N2O2/c17-9-4-1-2-7-13(9)21-14(22)8-12(16(21)23)20-11-6-3-5-10(18)15(11)19/h1-7,12,20H,8H2. The summed E-state index contributed by atoms with van der Waals surface area (Å²) < 4.78 is 0.683. The second kappa shape index (κ2) is 6.51. The summed E-state index contributed by atoms with van der Waals surface area (Å²) in [5.41, 5.74) is 1.06. The summed E-state index contributed by atoms with van der Waals surface area (Å²) in [6.45, 7) is 0. The molecular formula is C16H11BrCl2N2O2. The van der Waals surface area contributed by atoms with E-state index in [0.717, 1.165) is 0 Å². The van der Waals surface area contributed by atoms with Crippen molar-refractivity contribution in [3.8, 4) is 0 Å². The van der Waals surface area contributed by atoms with Gasteiger partial charge < -0.3 is 5.32 Å². The van der Waals surface area contributed by atoms with Crippen molar-refractivity contribution in [3.63, 3.8) is 0 Å². The fourth-order valence-electron chi connectivity index (χ4n) is 2.43. The molecule has 0 spiro atoms. The fourth-order valence-corrected chi connectivity index (χ4v) is 3.25. The van der Waals surface area contributed by atoms with Crippen LogP contribution in [0.2, 0.25) is 10.0 Å². The van der Waals surface area contributed by atoms with E-state index >= 15 is 0 Å². The molecule has 2 aromatic carbocycles. The van der Waals surface area contributed by atoms with Gasteiger partial charge in [0.15, 0.2) is 0 Å². The first-order valence-corrected chi connectivity index (χ1v) is 8.36. The average molecular weight is 414 g/mol. The van der Waals surface area contributed by atoms with Gasteiger partial charge in [0.2, 0.25) is 5.91 Å². The van der Waals surface area contributed by atoms with Crippen molar-refractivity contribution in [1.82, 2.24) is 0 Å². The average Bonchev–Trinajstić information content (AvgIpc) is 2.79. The van der Waals surface area contributed by atoms with Crippen LogP contribution in [0.25, 0.3) is 0 Å². The lowest BCUT2D eigenvalue weighted by molar-refractivity contribution is -0.121. The third-order valence-electron chi connectivity index (χ3n) is 3.52. The van der Waals surface area contributed by atoms with Crippen molar-refractivity contribution in [3.05, 3.63) is 57.0 Å². The molecule has 1 aliphatic rings. The molecule has 1 fully saturated rings. The van der Waals surface area contributed by atoms with Gasteiger partial charge in [-0.25, -0.2) is 4.90 Å². The molecule has 118 valence electrons. The molecule has 7 heteroatoms. The first-order valence-electron chi connectivity index (χ1n) is 6.81. The van der Waals surface area contributed by atoms with Crippen molar-refractivity contribution in [2.24, 2.45) is 0 Å². The van der Waals surface area contributed by atoms with E-state index in [0.29, 0.717) is 25.9 Å². The number of benzene rings is 2. The zero-order valence-corrected chi connectivity index (χ0v) is 14.8. The molecule has 1 heterocycles. The number of hydrogen-bond donors (Lipinski definition) is 1. The summed E-state index contributed by atoms with van der Waals surface area (Å²) in [6.07, 6.45) is 0.0585. The smallest absolute Gasteiger partial charge is 0.256 e. The number of nitrogens with zero attached hydrogens (tertiary/aromatic N) is 1. The number of carbonyl (C=O) groups excluding carboxylic acids is 2. The minimum absolute atomic E-state index is 0.0585. The van der Waals surface area contributed by atoms with Gasteiger partial charge in [0.1, 0.15) is 6.04 Å². The summed E-state index contributed by atoms with van der Waals surface area (Å²) in [5, 5.41) is 3.72. The number of para-hydroxylation sites is 1. The summed E-state index contributed by atoms with van der Waals surface area (Å²) in [5.74, 6) is -0.588. The van der Waals surface area contributed by atoms with Gasteiger partial charge in [0, 0.05) is 4.47 Å². The molecule has 1 N–H and O–H groups in total. The van der Waals surface area contributed by atoms with Gasteiger partial charge in [-0.05, 0) is 40.2 Å². The molecule has 23 heavy (non-hydrogen) atoms. The Morgan fingerprint density at radius 3 is 2.57 bits per heavy atom. The Kier molecular flexibility index (Phi) is 4.62.